The summed E-state index contributed by atoms with van der Waals surface area (Å²) in [5.41, 5.74) is 6.69. The van der Waals surface area contributed by atoms with Crippen LogP contribution in [-0.2, 0) is 0 Å². The molecule has 0 aliphatic rings. The number of para-hydroxylation sites is 1. The molecule has 2 aromatic rings. The molecule has 2 rings (SSSR count). The summed E-state index contributed by atoms with van der Waals surface area (Å²) in [4.78, 5) is 0. The lowest BCUT2D eigenvalue weighted by molar-refractivity contribution is 0.500. The summed E-state index contributed by atoms with van der Waals surface area (Å²) < 4.78 is 5.56. The first-order valence-corrected chi connectivity index (χ1v) is 4.49. The van der Waals surface area contributed by atoms with Crippen molar-refractivity contribution in [2.75, 3.05) is 0 Å². The molecule has 14 heavy (non-hydrogen) atoms. The third-order valence-corrected chi connectivity index (χ3v) is 2.15. The standard InChI is InChI=1S/C12H11NO/c1-2-5-10(13)12-8-9-6-3-4-7-11(9)14-12/h1,3-4,6-8,10H,5,13H2. The fraction of sp³-hybridized carbons (Fsp3) is 0.167. The number of rotatable bonds is 2. The van der Waals surface area contributed by atoms with Gasteiger partial charge >= 0.3 is 0 Å². The van der Waals surface area contributed by atoms with Gasteiger partial charge in [0.1, 0.15) is 11.3 Å². The molecule has 0 bridgehead atoms. The van der Waals surface area contributed by atoms with E-state index in [2.05, 4.69) is 5.92 Å². The number of benzene rings is 1. The monoisotopic (exact) mass is 185 g/mol. The van der Waals surface area contributed by atoms with Gasteiger partial charge in [-0.2, -0.15) is 0 Å². The number of nitrogens with two attached hydrogens (primary N) is 1. The first-order chi connectivity index (χ1) is 6.81. The van der Waals surface area contributed by atoms with Crippen LogP contribution in [0.3, 0.4) is 0 Å². The van der Waals surface area contributed by atoms with Gasteiger partial charge in [-0.1, -0.05) is 18.2 Å². The van der Waals surface area contributed by atoms with Gasteiger partial charge in [0, 0.05) is 11.8 Å². The maximum Gasteiger partial charge on any atom is 0.134 e. The van der Waals surface area contributed by atoms with Crippen molar-refractivity contribution in [2.24, 2.45) is 5.73 Å². The van der Waals surface area contributed by atoms with Crippen molar-refractivity contribution in [1.82, 2.24) is 0 Å². The van der Waals surface area contributed by atoms with Crippen molar-refractivity contribution < 1.29 is 4.42 Å². The van der Waals surface area contributed by atoms with Gasteiger partial charge in [0.05, 0.1) is 6.04 Å². The molecular weight excluding hydrogens is 174 g/mol. The maximum atomic E-state index is 5.83. The average molecular weight is 185 g/mol. The summed E-state index contributed by atoms with van der Waals surface area (Å²) in [6, 6.07) is 9.55. The molecule has 0 fully saturated rings. The summed E-state index contributed by atoms with van der Waals surface area (Å²) in [5, 5.41) is 1.06. The van der Waals surface area contributed by atoms with Crippen LogP contribution in [0.5, 0.6) is 0 Å². The van der Waals surface area contributed by atoms with E-state index < -0.39 is 0 Å². The fourth-order valence-electron chi connectivity index (χ4n) is 1.41. The van der Waals surface area contributed by atoms with Gasteiger partial charge in [-0.05, 0) is 12.1 Å². The molecule has 0 aliphatic carbocycles. The van der Waals surface area contributed by atoms with Crippen LogP contribution >= 0.6 is 0 Å². The van der Waals surface area contributed by atoms with E-state index in [1.54, 1.807) is 0 Å². The molecule has 2 N–H and O–H groups in total. The van der Waals surface area contributed by atoms with E-state index in [9.17, 15) is 0 Å². The van der Waals surface area contributed by atoms with Crippen LogP contribution in [0.25, 0.3) is 11.0 Å². The largest absolute Gasteiger partial charge is 0.459 e. The second-order valence-electron chi connectivity index (χ2n) is 3.20. The zero-order valence-corrected chi connectivity index (χ0v) is 7.73. The number of hydrogen-bond acceptors (Lipinski definition) is 2. The molecule has 70 valence electrons. The Morgan fingerprint density at radius 1 is 1.43 bits per heavy atom. The summed E-state index contributed by atoms with van der Waals surface area (Å²) in [6.45, 7) is 0. The molecule has 0 saturated heterocycles. The molecule has 1 aromatic heterocycles. The van der Waals surface area contributed by atoms with E-state index in [4.69, 9.17) is 16.6 Å². The topological polar surface area (TPSA) is 39.2 Å². The van der Waals surface area contributed by atoms with E-state index in [0.29, 0.717) is 6.42 Å². The minimum absolute atomic E-state index is 0.201. The minimum atomic E-state index is -0.201. The van der Waals surface area contributed by atoms with Crippen molar-refractivity contribution in [1.29, 1.82) is 0 Å². The lowest BCUT2D eigenvalue weighted by atomic mass is 10.1. The van der Waals surface area contributed by atoms with Crippen LogP contribution in [0.1, 0.15) is 18.2 Å². The van der Waals surface area contributed by atoms with Gasteiger partial charge in [0.2, 0.25) is 0 Å². The molecule has 1 unspecified atom stereocenters. The highest BCUT2D eigenvalue weighted by molar-refractivity contribution is 5.77. The first kappa shape index (κ1) is 8.86. The van der Waals surface area contributed by atoms with Crippen LogP contribution in [0.4, 0.5) is 0 Å². The molecular formula is C12H11NO. The molecule has 0 aliphatic heterocycles. The highest BCUT2D eigenvalue weighted by Crippen LogP contribution is 2.23. The van der Waals surface area contributed by atoms with Crippen molar-refractivity contribution in [3.8, 4) is 12.3 Å². The van der Waals surface area contributed by atoms with Gasteiger partial charge in [-0.15, -0.1) is 12.3 Å². The maximum absolute atomic E-state index is 5.83. The molecule has 1 aromatic carbocycles. The Kier molecular flexibility index (Phi) is 2.26. The van der Waals surface area contributed by atoms with E-state index in [1.165, 1.54) is 0 Å². The van der Waals surface area contributed by atoms with Crippen molar-refractivity contribution >= 4 is 11.0 Å². The van der Waals surface area contributed by atoms with E-state index in [1.807, 2.05) is 30.3 Å². The van der Waals surface area contributed by atoms with E-state index >= 15 is 0 Å². The summed E-state index contributed by atoms with van der Waals surface area (Å²) in [7, 11) is 0. The Hall–Kier alpha value is -1.72. The van der Waals surface area contributed by atoms with Crippen molar-refractivity contribution in [3.63, 3.8) is 0 Å². The molecule has 0 amide bonds. The van der Waals surface area contributed by atoms with Crippen LogP contribution in [-0.4, -0.2) is 0 Å². The Morgan fingerprint density at radius 3 is 2.93 bits per heavy atom. The van der Waals surface area contributed by atoms with E-state index in [0.717, 1.165) is 16.7 Å². The van der Waals surface area contributed by atoms with E-state index in [-0.39, 0.29) is 6.04 Å². The van der Waals surface area contributed by atoms with Crippen molar-refractivity contribution in [3.05, 3.63) is 36.1 Å². The molecule has 2 nitrogen and oxygen atoms in total. The summed E-state index contributed by atoms with van der Waals surface area (Å²) >= 11 is 0. The molecule has 2 heteroatoms. The predicted octanol–water partition coefficient (Wildman–Crippen LogP) is 2.46. The number of hydrogen-bond donors (Lipinski definition) is 1. The Morgan fingerprint density at radius 2 is 2.21 bits per heavy atom. The zero-order chi connectivity index (χ0) is 9.97. The van der Waals surface area contributed by atoms with Crippen LogP contribution in [0.2, 0.25) is 0 Å². The number of terminal acetylenes is 1. The Bertz CT molecular complexity index is 445. The Balaban J connectivity index is 2.41. The third-order valence-electron chi connectivity index (χ3n) is 2.15. The Labute approximate surface area is 82.7 Å². The highest BCUT2D eigenvalue weighted by Gasteiger charge is 2.09. The quantitative estimate of drug-likeness (QED) is 0.730. The normalized spacial score (nSPS) is 12.6. The summed E-state index contributed by atoms with van der Waals surface area (Å²) in [5.74, 6) is 3.28. The van der Waals surface area contributed by atoms with Gasteiger partial charge in [0.25, 0.3) is 0 Å². The smallest absolute Gasteiger partial charge is 0.134 e. The molecule has 0 spiro atoms. The van der Waals surface area contributed by atoms with Crippen LogP contribution < -0.4 is 5.73 Å². The van der Waals surface area contributed by atoms with Gasteiger partial charge in [0.15, 0.2) is 0 Å². The lowest BCUT2D eigenvalue weighted by Crippen LogP contribution is -2.07. The average Bonchev–Trinajstić information content (AvgIpc) is 2.61. The SMILES string of the molecule is C#CCC(N)c1cc2ccccc2o1. The van der Waals surface area contributed by atoms with Crippen LogP contribution in [0.15, 0.2) is 34.7 Å². The second kappa shape index (κ2) is 3.57. The zero-order valence-electron chi connectivity index (χ0n) is 7.73. The van der Waals surface area contributed by atoms with Gasteiger partial charge in [-0.25, -0.2) is 0 Å². The van der Waals surface area contributed by atoms with Crippen LogP contribution in [0, 0.1) is 12.3 Å². The predicted molar refractivity (Wildman–Crippen MR) is 56.6 cm³/mol. The molecule has 1 heterocycles. The molecule has 0 radical (unpaired) electrons. The van der Waals surface area contributed by atoms with Crippen molar-refractivity contribution in [2.45, 2.75) is 12.5 Å². The fourth-order valence-corrected chi connectivity index (χ4v) is 1.41. The number of fused-ring (bicyclic) bond motifs is 1. The minimum Gasteiger partial charge on any atom is -0.459 e. The number of furan rings is 1. The van der Waals surface area contributed by atoms with Gasteiger partial charge in [-0.3, -0.25) is 0 Å². The first-order valence-electron chi connectivity index (χ1n) is 4.49. The molecule has 1 atom stereocenters. The lowest BCUT2D eigenvalue weighted by Gasteiger charge is -2.01. The molecule has 0 saturated carbocycles. The highest BCUT2D eigenvalue weighted by atomic mass is 16.3. The van der Waals surface area contributed by atoms with Gasteiger partial charge < -0.3 is 10.2 Å². The summed E-state index contributed by atoms with van der Waals surface area (Å²) in [6.07, 6.45) is 5.69. The third kappa shape index (κ3) is 1.50. The second-order valence-corrected chi connectivity index (χ2v) is 3.20.